The minimum absolute atomic E-state index is 0.514. The molecule has 0 amide bonds. The Kier molecular flexibility index (Phi) is 3.33. The van der Waals surface area contributed by atoms with Crippen LogP contribution in [0.2, 0.25) is 0 Å². The highest BCUT2D eigenvalue weighted by Crippen LogP contribution is 2.35. The van der Waals surface area contributed by atoms with E-state index in [1.807, 2.05) is 32.0 Å². The molecule has 0 spiro atoms. The second-order valence-electron chi connectivity index (χ2n) is 3.91. The molecular weight excluding hydrogens is 280 g/mol. The number of hydrogen-bond donors (Lipinski definition) is 1. The summed E-state index contributed by atoms with van der Waals surface area (Å²) in [5.74, 6) is 1.41. The van der Waals surface area contributed by atoms with Gasteiger partial charge in [-0.25, -0.2) is 0 Å². The highest BCUT2D eigenvalue weighted by Gasteiger charge is 2.09. The van der Waals surface area contributed by atoms with Crippen molar-refractivity contribution in [2.45, 2.75) is 13.8 Å². The van der Waals surface area contributed by atoms with Gasteiger partial charge in [0.2, 0.25) is 0 Å². The van der Waals surface area contributed by atoms with Crippen molar-refractivity contribution in [1.29, 1.82) is 0 Å². The normalized spacial score (nSPS) is 10.3. The second kappa shape index (κ2) is 4.75. The van der Waals surface area contributed by atoms with Gasteiger partial charge in [0.25, 0.3) is 0 Å². The van der Waals surface area contributed by atoms with Crippen molar-refractivity contribution >= 4 is 21.6 Å². The van der Waals surface area contributed by atoms with Gasteiger partial charge < -0.3 is 10.5 Å². The minimum atomic E-state index is 0.514. The van der Waals surface area contributed by atoms with Gasteiger partial charge in [-0.3, -0.25) is 4.98 Å². The SMILES string of the molecule is Cc1ccc(C)c(Oc2c(N)cncc2Br)c1. The van der Waals surface area contributed by atoms with E-state index >= 15 is 0 Å². The third kappa shape index (κ3) is 2.58. The molecule has 4 heteroatoms. The largest absolute Gasteiger partial charge is 0.454 e. The number of nitrogen functional groups attached to an aromatic ring is 1. The molecule has 0 aliphatic rings. The summed E-state index contributed by atoms with van der Waals surface area (Å²) in [4.78, 5) is 3.97. The molecule has 0 saturated carbocycles. The number of benzene rings is 1. The van der Waals surface area contributed by atoms with Gasteiger partial charge in [-0.1, -0.05) is 12.1 Å². The van der Waals surface area contributed by atoms with Gasteiger partial charge in [0.1, 0.15) is 5.75 Å². The standard InChI is InChI=1S/C13H13BrN2O/c1-8-3-4-9(2)12(5-8)17-13-10(14)6-16-7-11(13)15/h3-7H,15H2,1-2H3. The van der Waals surface area contributed by atoms with Gasteiger partial charge in [0, 0.05) is 6.20 Å². The third-order valence-corrected chi connectivity index (χ3v) is 3.00. The van der Waals surface area contributed by atoms with Crippen LogP contribution in [0.5, 0.6) is 11.5 Å². The van der Waals surface area contributed by atoms with Crippen LogP contribution in [0.1, 0.15) is 11.1 Å². The molecule has 17 heavy (non-hydrogen) atoms. The van der Waals surface area contributed by atoms with Crippen LogP contribution in [0.25, 0.3) is 0 Å². The number of rotatable bonds is 2. The Hall–Kier alpha value is -1.55. The fourth-order valence-corrected chi connectivity index (χ4v) is 1.90. The molecule has 0 aliphatic carbocycles. The zero-order valence-electron chi connectivity index (χ0n) is 9.70. The Labute approximate surface area is 109 Å². The molecule has 0 radical (unpaired) electrons. The summed E-state index contributed by atoms with van der Waals surface area (Å²) >= 11 is 3.38. The Morgan fingerprint density at radius 2 is 2.00 bits per heavy atom. The molecule has 2 N–H and O–H groups in total. The Morgan fingerprint density at radius 3 is 2.71 bits per heavy atom. The van der Waals surface area contributed by atoms with Crippen LogP contribution >= 0.6 is 15.9 Å². The molecule has 0 atom stereocenters. The first kappa shape index (κ1) is 11.9. The topological polar surface area (TPSA) is 48.1 Å². The first-order valence-corrected chi connectivity index (χ1v) is 6.01. The summed E-state index contributed by atoms with van der Waals surface area (Å²) in [6, 6.07) is 6.06. The zero-order valence-corrected chi connectivity index (χ0v) is 11.3. The summed E-state index contributed by atoms with van der Waals surface area (Å²) in [6.45, 7) is 4.03. The summed E-state index contributed by atoms with van der Waals surface area (Å²) in [5.41, 5.74) is 8.57. The van der Waals surface area contributed by atoms with Crippen LogP contribution in [0, 0.1) is 13.8 Å². The zero-order chi connectivity index (χ0) is 12.4. The predicted molar refractivity (Wildman–Crippen MR) is 72.3 cm³/mol. The quantitative estimate of drug-likeness (QED) is 0.915. The van der Waals surface area contributed by atoms with Crippen LogP contribution in [0.4, 0.5) is 5.69 Å². The number of pyridine rings is 1. The smallest absolute Gasteiger partial charge is 0.167 e. The molecular formula is C13H13BrN2O. The van der Waals surface area contributed by atoms with E-state index in [0.717, 1.165) is 21.3 Å². The lowest BCUT2D eigenvalue weighted by Gasteiger charge is -2.12. The lowest BCUT2D eigenvalue weighted by molar-refractivity contribution is 0.477. The lowest BCUT2D eigenvalue weighted by Crippen LogP contribution is -1.95. The van der Waals surface area contributed by atoms with Crippen LogP contribution in [-0.4, -0.2) is 4.98 Å². The van der Waals surface area contributed by atoms with Crippen molar-refractivity contribution in [2.75, 3.05) is 5.73 Å². The third-order valence-electron chi connectivity index (χ3n) is 2.44. The van der Waals surface area contributed by atoms with E-state index in [9.17, 15) is 0 Å². The summed E-state index contributed by atoms with van der Waals surface area (Å²) in [5, 5.41) is 0. The molecule has 0 unspecified atom stereocenters. The Bertz CT molecular complexity index is 535. The lowest BCUT2D eigenvalue weighted by atomic mass is 10.1. The van der Waals surface area contributed by atoms with E-state index < -0.39 is 0 Å². The van der Waals surface area contributed by atoms with E-state index in [4.69, 9.17) is 10.5 Å². The maximum absolute atomic E-state index is 5.84. The van der Waals surface area contributed by atoms with Crippen molar-refractivity contribution < 1.29 is 4.74 Å². The fraction of sp³-hybridized carbons (Fsp3) is 0.154. The van der Waals surface area contributed by atoms with Gasteiger partial charge in [0.05, 0.1) is 16.4 Å². The molecule has 2 aromatic rings. The summed E-state index contributed by atoms with van der Waals surface area (Å²) in [7, 11) is 0. The number of nitrogens with two attached hydrogens (primary N) is 1. The van der Waals surface area contributed by atoms with Gasteiger partial charge >= 0.3 is 0 Å². The van der Waals surface area contributed by atoms with E-state index in [2.05, 4.69) is 20.9 Å². The van der Waals surface area contributed by atoms with Gasteiger partial charge in [0.15, 0.2) is 5.75 Å². The first-order valence-electron chi connectivity index (χ1n) is 5.22. The van der Waals surface area contributed by atoms with Crippen LogP contribution < -0.4 is 10.5 Å². The number of aromatic nitrogens is 1. The monoisotopic (exact) mass is 292 g/mol. The number of ether oxygens (including phenoxy) is 1. The molecule has 0 aliphatic heterocycles. The predicted octanol–water partition coefficient (Wildman–Crippen LogP) is 3.84. The molecule has 1 aromatic carbocycles. The minimum Gasteiger partial charge on any atom is -0.454 e. The Balaban J connectivity index is 2.41. The number of aryl methyl sites for hydroxylation is 2. The molecule has 0 saturated heterocycles. The maximum Gasteiger partial charge on any atom is 0.167 e. The molecule has 88 valence electrons. The van der Waals surface area contributed by atoms with Crippen molar-refractivity contribution in [1.82, 2.24) is 4.98 Å². The molecule has 1 heterocycles. The van der Waals surface area contributed by atoms with Crippen molar-refractivity contribution in [3.8, 4) is 11.5 Å². The number of nitrogens with zero attached hydrogens (tertiary/aromatic N) is 1. The molecule has 3 nitrogen and oxygen atoms in total. The van der Waals surface area contributed by atoms with Gasteiger partial charge in [-0.05, 0) is 47.0 Å². The Morgan fingerprint density at radius 1 is 1.24 bits per heavy atom. The molecule has 2 rings (SSSR count). The number of hydrogen-bond acceptors (Lipinski definition) is 3. The van der Waals surface area contributed by atoms with Crippen LogP contribution in [-0.2, 0) is 0 Å². The fourth-order valence-electron chi connectivity index (χ4n) is 1.47. The molecule has 0 bridgehead atoms. The van der Waals surface area contributed by atoms with Crippen molar-refractivity contribution in [2.24, 2.45) is 0 Å². The van der Waals surface area contributed by atoms with Crippen LogP contribution in [0.3, 0.4) is 0 Å². The van der Waals surface area contributed by atoms with Gasteiger partial charge in [-0.2, -0.15) is 0 Å². The number of anilines is 1. The average Bonchev–Trinajstić information content (AvgIpc) is 2.28. The van der Waals surface area contributed by atoms with E-state index in [-0.39, 0.29) is 0 Å². The molecule has 0 fully saturated rings. The first-order chi connectivity index (χ1) is 8.08. The highest BCUT2D eigenvalue weighted by atomic mass is 79.9. The van der Waals surface area contributed by atoms with E-state index in [1.54, 1.807) is 12.4 Å². The van der Waals surface area contributed by atoms with Crippen molar-refractivity contribution in [3.05, 3.63) is 46.2 Å². The maximum atomic E-state index is 5.84. The van der Waals surface area contributed by atoms with E-state index in [1.165, 1.54) is 0 Å². The average molecular weight is 293 g/mol. The van der Waals surface area contributed by atoms with Gasteiger partial charge in [-0.15, -0.1) is 0 Å². The summed E-state index contributed by atoms with van der Waals surface area (Å²) in [6.07, 6.45) is 3.24. The molecule has 1 aromatic heterocycles. The second-order valence-corrected chi connectivity index (χ2v) is 4.77. The van der Waals surface area contributed by atoms with Crippen LogP contribution in [0.15, 0.2) is 35.1 Å². The van der Waals surface area contributed by atoms with Crippen molar-refractivity contribution in [3.63, 3.8) is 0 Å². The summed E-state index contributed by atoms with van der Waals surface area (Å²) < 4.78 is 6.59. The number of halogens is 1. The highest BCUT2D eigenvalue weighted by molar-refractivity contribution is 9.10. The van der Waals surface area contributed by atoms with E-state index in [0.29, 0.717) is 11.4 Å².